The number of aryl methyl sites for hydroxylation is 1. The lowest BCUT2D eigenvalue weighted by Gasteiger charge is -2.22. The smallest absolute Gasteiger partial charge is 0.310 e. The van der Waals surface area contributed by atoms with E-state index in [1.807, 2.05) is 0 Å². The molecule has 0 bridgehead atoms. The Labute approximate surface area is 82.0 Å². The molecule has 0 spiro atoms. The predicted octanol–water partition coefficient (Wildman–Crippen LogP) is 1.90. The number of carboxylic acid groups (broad SMARTS) is 1. The maximum Gasteiger partial charge on any atom is 0.310 e. The predicted molar refractivity (Wildman–Crippen MR) is 51.4 cm³/mol. The van der Waals surface area contributed by atoms with Crippen molar-refractivity contribution in [2.75, 3.05) is 0 Å². The Hall–Kier alpha value is -1.51. The van der Waals surface area contributed by atoms with Crippen LogP contribution in [-0.2, 0) is 11.2 Å². The normalized spacial score (nSPS) is 20.1. The summed E-state index contributed by atoms with van der Waals surface area (Å²) in [5, 5.41) is 18.3. The van der Waals surface area contributed by atoms with Gasteiger partial charge in [0.2, 0.25) is 0 Å². The maximum absolute atomic E-state index is 10.9. The number of hydrogen-bond acceptors (Lipinski definition) is 2. The number of rotatable bonds is 1. The lowest BCUT2D eigenvalue weighted by molar-refractivity contribution is -0.139. The number of phenolic OH excluding ortho intramolecular Hbond substituents is 1. The van der Waals surface area contributed by atoms with Crippen LogP contribution in [0.25, 0.3) is 0 Å². The summed E-state index contributed by atoms with van der Waals surface area (Å²) >= 11 is 0. The average Bonchev–Trinajstić information content (AvgIpc) is 2.16. The lowest BCUT2D eigenvalue weighted by atomic mass is 9.83. The van der Waals surface area contributed by atoms with Crippen molar-refractivity contribution in [1.29, 1.82) is 0 Å². The zero-order valence-corrected chi connectivity index (χ0v) is 7.73. The van der Waals surface area contributed by atoms with Crippen molar-refractivity contribution >= 4 is 5.97 Å². The minimum Gasteiger partial charge on any atom is -0.508 e. The van der Waals surface area contributed by atoms with Gasteiger partial charge in [-0.15, -0.1) is 0 Å². The van der Waals surface area contributed by atoms with Crippen LogP contribution < -0.4 is 0 Å². The monoisotopic (exact) mass is 192 g/mol. The van der Waals surface area contributed by atoms with Gasteiger partial charge >= 0.3 is 5.97 Å². The van der Waals surface area contributed by atoms with Crippen molar-refractivity contribution in [3.8, 4) is 5.75 Å². The number of hydrogen-bond donors (Lipinski definition) is 2. The molecule has 74 valence electrons. The van der Waals surface area contributed by atoms with Gasteiger partial charge in [-0.05, 0) is 42.5 Å². The fraction of sp³-hybridized carbons (Fsp3) is 0.364. The van der Waals surface area contributed by atoms with Gasteiger partial charge in [-0.25, -0.2) is 0 Å². The molecule has 0 aromatic heterocycles. The fourth-order valence-electron chi connectivity index (χ4n) is 2.06. The van der Waals surface area contributed by atoms with Crippen LogP contribution in [0.1, 0.15) is 29.9 Å². The first-order valence-electron chi connectivity index (χ1n) is 4.73. The summed E-state index contributed by atoms with van der Waals surface area (Å²) < 4.78 is 0. The molecule has 1 aromatic rings. The van der Waals surface area contributed by atoms with Gasteiger partial charge in [0.15, 0.2) is 0 Å². The van der Waals surface area contributed by atoms with Crippen LogP contribution in [0.3, 0.4) is 0 Å². The summed E-state index contributed by atoms with van der Waals surface area (Å²) in [5.74, 6) is -0.939. The highest BCUT2D eigenvalue weighted by Crippen LogP contribution is 2.33. The summed E-state index contributed by atoms with van der Waals surface area (Å²) in [4.78, 5) is 10.9. The van der Waals surface area contributed by atoms with E-state index in [4.69, 9.17) is 5.11 Å². The molecule has 1 atom stereocenters. The van der Waals surface area contributed by atoms with Gasteiger partial charge in [-0.2, -0.15) is 0 Å². The molecule has 3 nitrogen and oxygen atoms in total. The minimum absolute atomic E-state index is 0.217. The topological polar surface area (TPSA) is 57.5 Å². The van der Waals surface area contributed by atoms with Crippen LogP contribution in [0.5, 0.6) is 5.75 Å². The van der Waals surface area contributed by atoms with Crippen molar-refractivity contribution < 1.29 is 15.0 Å². The second kappa shape index (κ2) is 3.33. The van der Waals surface area contributed by atoms with Gasteiger partial charge in [-0.1, -0.05) is 6.07 Å². The Bertz CT molecular complexity index is 371. The summed E-state index contributed by atoms with van der Waals surface area (Å²) in [6, 6.07) is 4.95. The third-order valence-corrected chi connectivity index (χ3v) is 2.74. The highest BCUT2D eigenvalue weighted by Gasteiger charge is 2.25. The van der Waals surface area contributed by atoms with E-state index in [1.165, 1.54) is 0 Å². The van der Waals surface area contributed by atoms with E-state index in [9.17, 15) is 9.90 Å². The molecule has 1 aromatic carbocycles. The third-order valence-electron chi connectivity index (χ3n) is 2.74. The van der Waals surface area contributed by atoms with E-state index in [1.54, 1.807) is 18.2 Å². The van der Waals surface area contributed by atoms with Crippen LogP contribution in [0.15, 0.2) is 18.2 Å². The number of benzene rings is 1. The quantitative estimate of drug-likeness (QED) is 0.714. The average molecular weight is 192 g/mol. The van der Waals surface area contributed by atoms with E-state index in [2.05, 4.69) is 0 Å². The summed E-state index contributed by atoms with van der Waals surface area (Å²) in [6.45, 7) is 0. The molecule has 0 amide bonds. The second-order valence-electron chi connectivity index (χ2n) is 3.67. The first-order chi connectivity index (χ1) is 6.68. The molecule has 2 rings (SSSR count). The van der Waals surface area contributed by atoms with Gasteiger partial charge in [0.1, 0.15) is 5.75 Å². The largest absolute Gasteiger partial charge is 0.508 e. The number of carboxylic acids is 1. The number of aromatic hydroxyl groups is 1. The first kappa shape index (κ1) is 9.06. The Balaban J connectivity index is 2.44. The molecular weight excluding hydrogens is 180 g/mol. The zero-order chi connectivity index (χ0) is 10.1. The SMILES string of the molecule is O=C(O)C1CCCc2cc(O)ccc21. The first-order valence-corrected chi connectivity index (χ1v) is 4.73. The van der Waals surface area contributed by atoms with E-state index in [0.29, 0.717) is 6.42 Å². The second-order valence-corrected chi connectivity index (χ2v) is 3.67. The van der Waals surface area contributed by atoms with Gasteiger partial charge in [0.25, 0.3) is 0 Å². The number of aliphatic carboxylic acids is 1. The van der Waals surface area contributed by atoms with Gasteiger partial charge in [-0.3, -0.25) is 4.79 Å². The molecule has 1 unspecified atom stereocenters. The molecule has 0 saturated heterocycles. The molecule has 1 aliphatic carbocycles. The molecule has 0 fully saturated rings. The Kier molecular flexibility index (Phi) is 2.15. The molecule has 3 heteroatoms. The molecule has 14 heavy (non-hydrogen) atoms. The highest BCUT2D eigenvalue weighted by atomic mass is 16.4. The van der Waals surface area contributed by atoms with Crippen LogP contribution in [0.2, 0.25) is 0 Å². The van der Waals surface area contributed by atoms with Gasteiger partial charge in [0.05, 0.1) is 5.92 Å². The van der Waals surface area contributed by atoms with E-state index >= 15 is 0 Å². The summed E-state index contributed by atoms with van der Waals surface area (Å²) in [5.41, 5.74) is 1.84. The van der Waals surface area contributed by atoms with E-state index < -0.39 is 5.97 Å². The summed E-state index contributed by atoms with van der Waals surface area (Å²) in [6.07, 6.45) is 2.45. The zero-order valence-electron chi connectivity index (χ0n) is 7.73. The van der Waals surface area contributed by atoms with Crippen molar-refractivity contribution in [3.63, 3.8) is 0 Å². The van der Waals surface area contributed by atoms with Crippen molar-refractivity contribution in [2.45, 2.75) is 25.2 Å². The fourth-order valence-corrected chi connectivity index (χ4v) is 2.06. The lowest BCUT2D eigenvalue weighted by Crippen LogP contribution is -2.17. The molecular formula is C11H12O3. The van der Waals surface area contributed by atoms with Crippen LogP contribution in [-0.4, -0.2) is 16.2 Å². The van der Waals surface area contributed by atoms with Gasteiger partial charge in [0, 0.05) is 0 Å². The molecule has 0 aliphatic heterocycles. The molecule has 2 N–H and O–H groups in total. The van der Waals surface area contributed by atoms with Crippen LogP contribution in [0, 0.1) is 0 Å². The van der Waals surface area contributed by atoms with E-state index in [0.717, 1.165) is 24.0 Å². The summed E-state index contributed by atoms with van der Waals surface area (Å²) in [7, 11) is 0. The van der Waals surface area contributed by atoms with Crippen LogP contribution in [0.4, 0.5) is 0 Å². The Morgan fingerprint density at radius 2 is 2.21 bits per heavy atom. The molecule has 0 heterocycles. The van der Waals surface area contributed by atoms with Crippen molar-refractivity contribution in [2.24, 2.45) is 0 Å². The van der Waals surface area contributed by atoms with Crippen LogP contribution >= 0.6 is 0 Å². The Morgan fingerprint density at radius 3 is 2.93 bits per heavy atom. The standard InChI is InChI=1S/C11H12O3/c12-8-4-5-9-7(6-8)2-1-3-10(9)11(13)14/h4-6,10,12H,1-3H2,(H,13,14). The number of phenols is 1. The van der Waals surface area contributed by atoms with Crippen molar-refractivity contribution in [1.82, 2.24) is 0 Å². The van der Waals surface area contributed by atoms with Gasteiger partial charge < -0.3 is 10.2 Å². The van der Waals surface area contributed by atoms with Crippen molar-refractivity contribution in [3.05, 3.63) is 29.3 Å². The maximum atomic E-state index is 10.9. The number of carbonyl (C=O) groups is 1. The van der Waals surface area contributed by atoms with E-state index in [-0.39, 0.29) is 11.7 Å². The third kappa shape index (κ3) is 1.45. The number of fused-ring (bicyclic) bond motifs is 1. The molecule has 0 saturated carbocycles. The molecule has 0 radical (unpaired) electrons. The highest BCUT2D eigenvalue weighted by molar-refractivity contribution is 5.77. The minimum atomic E-state index is -0.767. The Morgan fingerprint density at radius 1 is 1.43 bits per heavy atom. The molecule has 1 aliphatic rings.